The molecule has 2 aromatic heterocycles. The third-order valence-electron chi connectivity index (χ3n) is 3.15. The van der Waals surface area contributed by atoms with Gasteiger partial charge in [-0.15, -0.1) is 0 Å². The van der Waals surface area contributed by atoms with E-state index in [-0.39, 0.29) is 5.56 Å². The predicted molar refractivity (Wildman–Crippen MR) is 86.4 cm³/mol. The summed E-state index contributed by atoms with van der Waals surface area (Å²) in [5.41, 5.74) is 3.05. The third kappa shape index (κ3) is 2.88. The summed E-state index contributed by atoms with van der Waals surface area (Å²) < 4.78 is 1.49. The van der Waals surface area contributed by atoms with Gasteiger partial charge in [0.2, 0.25) is 0 Å². The van der Waals surface area contributed by atoms with E-state index >= 15 is 0 Å². The highest BCUT2D eigenvalue weighted by molar-refractivity contribution is 6.51. The fraction of sp³-hybridized carbons (Fsp3) is 0.0588. The zero-order valence-corrected chi connectivity index (χ0v) is 12.2. The number of aryl methyl sites for hydroxylation is 1. The van der Waals surface area contributed by atoms with Crippen LogP contribution in [0.2, 0.25) is 0 Å². The lowest BCUT2D eigenvalue weighted by atomic mass is 10.1. The molecule has 0 aliphatic heterocycles. The summed E-state index contributed by atoms with van der Waals surface area (Å²) in [6.45, 7) is 2.02. The van der Waals surface area contributed by atoms with Gasteiger partial charge in [-0.05, 0) is 30.7 Å². The Hall–Kier alpha value is -2.39. The molecule has 0 spiro atoms. The number of aromatic nitrogens is 2. The van der Waals surface area contributed by atoms with Crippen LogP contribution in [0.15, 0.2) is 59.5 Å². The number of hydrogen-bond donors (Lipinski definition) is 0. The van der Waals surface area contributed by atoms with Crippen LogP contribution in [0.25, 0.3) is 16.8 Å². The lowest BCUT2D eigenvalue weighted by molar-refractivity contribution is 1.04. The number of nitrogens with zero attached hydrogens (tertiary/aromatic N) is 2. The van der Waals surface area contributed by atoms with E-state index in [0.717, 1.165) is 11.1 Å². The number of benzene rings is 1. The maximum Gasteiger partial charge on any atom is 0.258 e. The lowest BCUT2D eigenvalue weighted by Crippen LogP contribution is -2.14. The molecule has 104 valence electrons. The van der Waals surface area contributed by atoms with Crippen LogP contribution in [0.3, 0.4) is 0 Å². The summed E-state index contributed by atoms with van der Waals surface area (Å²) in [5, 5.41) is 0.448. The molecule has 0 fully saturated rings. The summed E-state index contributed by atoms with van der Waals surface area (Å²) in [6.07, 6.45) is 3.50. The number of halogens is 1. The van der Waals surface area contributed by atoms with E-state index < -0.39 is 0 Å². The van der Waals surface area contributed by atoms with Crippen LogP contribution in [0.5, 0.6) is 0 Å². The van der Waals surface area contributed by atoms with Gasteiger partial charge in [0.1, 0.15) is 5.65 Å². The van der Waals surface area contributed by atoms with Gasteiger partial charge in [0.25, 0.3) is 5.56 Å². The largest absolute Gasteiger partial charge is 0.269 e. The van der Waals surface area contributed by atoms with E-state index in [0.29, 0.717) is 16.4 Å². The van der Waals surface area contributed by atoms with Crippen molar-refractivity contribution >= 4 is 28.4 Å². The van der Waals surface area contributed by atoms with Crippen molar-refractivity contribution in [3.05, 3.63) is 81.9 Å². The van der Waals surface area contributed by atoms with Crippen LogP contribution in [0.4, 0.5) is 0 Å². The summed E-state index contributed by atoms with van der Waals surface area (Å²) in [4.78, 5) is 16.5. The van der Waals surface area contributed by atoms with Crippen molar-refractivity contribution in [2.45, 2.75) is 6.92 Å². The molecule has 4 heteroatoms. The minimum absolute atomic E-state index is 0.147. The fourth-order valence-electron chi connectivity index (χ4n) is 2.16. The molecule has 0 aliphatic carbocycles. The van der Waals surface area contributed by atoms with E-state index in [9.17, 15) is 4.79 Å². The van der Waals surface area contributed by atoms with Gasteiger partial charge in [-0.3, -0.25) is 9.20 Å². The quantitative estimate of drug-likeness (QED) is 0.722. The molecule has 3 rings (SSSR count). The molecular weight excluding hydrogens is 284 g/mol. The number of fused-ring (bicyclic) bond motifs is 1. The first-order chi connectivity index (χ1) is 10.1. The van der Waals surface area contributed by atoms with Gasteiger partial charge < -0.3 is 0 Å². The minimum Gasteiger partial charge on any atom is -0.269 e. The molecular formula is C17H13ClN2O. The Kier molecular flexibility index (Phi) is 3.59. The van der Waals surface area contributed by atoms with Crippen molar-refractivity contribution in [1.29, 1.82) is 0 Å². The first-order valence-corrected chi connectivity index (χ1v) is 6.94. The lowest BCUT2D eigenvalue weighted by Gasteiger charge is -2.03. The summed E-state index contributed by atoms with van der Waals surface area (Å²) in [6, 6.07) is 14.8. The molecule has 0 N–H and O–H groups in total. The maximum atomic E-state index is 12.0. The van der Waals surface area contributed by atoms with Crippen molar-refractivity contribution in [2.75, 3.05) is 0 Å². The average Bonchev–Trinajstić information content (AvgIpc) is 2.47. The van der Waals surface area contributed by atoms with Crippen LogP contribution >= 0.6 is 11.6 Å². The maximum absolute atomic E-state index is 12.0. The molecule has 21 heavy (non-hydrogen) atoms. The topological polar surface area (TPSA) is 34.4 Å². The van der Waals surface area contributed by atoms with Crippen LogP contribution in [-0.2, 0) is 0 Å². The molecule has 0 unspecified atom stereocenters. The standard InChI is InChI=1S/C17H13ClN2O/c1-12-5-4-6-13(9-12)10-14(18)15-11-17(21)20-8-3-2-7-16(20)19-15/h2-11H,1H3. The van der Waals surface area contributed by atoms with Gasteiger partial charge in [-0.1, -0.05) is 47.5 Å². The molecule has 3 nitrogen and oxygen atoms in total. The molecule has 0 atom stereocenters. The zero-order valence-electron chi connectivity index (χ0n) is 11.5. The van der Waals surface area contributed by atoms with Gasteiger partial charge in [0.05, 0.1) is 10.7 Å². The Morgan fingerprint density at radius 3 is 2.86 bits per heavy atom. The molecule has 0 saturated carbocycles. The van der Waals surface area contributed by atoms with Crippen molar-refractivity contribution in [3.8, 4) is 0 Å². The van der Waals surface area contributed by atoms with Crippen molar-refractivity contribution in [1.82, 2.24) is 9.38 Å². The zero-order chi connectivity index (χ0) is 14.8. The van der Waals surface area contributed by atoms with E-state index in [1.807, 2.05) is 43.3 Å². The Labute approximate surface area is 127 Å². The molecule has 2 heterocycles. The van der Waals surface area contributed by atoms with Gasteiger partial charge >= 0.3 is 0 Å². The molecule has 0 aliphatic rings. The second-order valence-electron chi connectivity index (χ2n) is 4.81. The van der Waals surface area contributed by atoms with E-state index in [2.05, 4.69) is 4.98 Å². The second kappa shape index (κ2) is 5.54. The van der Waals surface area contributed by atoms with Crippen LogP contribution in [0, 0.1) is 6.92 Å². The second-order valence-corrected chi connectivity index (χ2v) is 5.22. The van der Waals surface area contributed by atoms with Crippen molar-refractivity contribution in [2.24, 2.45) is 0 Å². The summed E-state index contributed by atoms with van der Waals surface area (Å²) in [5.74, 6) is 0. The smallest absolute Gasteiger partial charge is 0.258 e. The third-order valence-corrected chi connectivity index (χ3v) is 3.45. The van der Waals surface area contributed by atoms with Crippen LogP contribution in [0.1, 0.15) is 16.8 Å². The highest BCUT2D eigenvalue weighted by atomic mass is 35.5. The fourth-order valence-corrected chi connectivity index (χ4v) is 2.38. The van der Waals surface area contributed by atoms with Crippen molar-refractivity contribution in [3.63, 3.8) is 0 Å². The molecule has 0 radical (unpaired) electrons. The Morgan fingerprint density at radius 2 is 2.05 bits per heavy atom. The Bertz CT molecular complexity index is 896. The van der Waals surface area contributed by atoms with Gasteiger partial charge in [0.15, 0.2) is 0 Å². The monoisotopic (exact) mass is 296 g/mol. The summed E-state index contributed by atoms with van der Waals surface area (Å²) >= 11 is 6.32. The summed E-state index contributed by atoms with van der Waals surface area (Å²) in [7, 11) is 0. The van der Waals surface area contributed by atoms with E-state index in [4.69, 9.17) is 11.6 Å². The van der Waals surface area contributed by atoms with Crippen molar-refractivity contribution < 1.29 is 0 Å². The number of hydrogen-bond acceptors (Lipinski definition) is 2. The Morgan fingerprint density at radius 1 is 1.19 bits per heavy atom. The molecule has 1 aromatic carbocycles. The van der Waals surface area contributed by atoms with Crippen LogP contribution < -0.4 is 5.56 Å². The molecule has 0 amide bonds. The highest BCUT2D eigenvalue weighted by Crippen LogP contribution is 2.20. The molecule has 0 saturated heterocycles. The van der Waals surface area contributed by atoms with E-state index in [1.165, 1.54) is 10.5 Å². The number of rotatable bonds is 2. The van der Waals surface area contributed by atoms with Gasteiger partial charge in [0, 0.05) is 12.3 Å². The molecule has 3 aromatic rings. The van der Waals surface area contributed by atoms with Crippen LogP contribution in [-0.4, -0.2) is 9.38 Å². The average molecular weight is 297 g/mol. The molecule has 0 bridgehead atoms. The predicted octanol–water partition coefficient (Wildman–Crippen LogP) is 3.74. The normalized spacial score (nSPS) is 11.8. The first-order valence-electron chi connectivity index (χ1n) is 6.56. The highest BCUT2D eigenvalue weighted by Gasteiger charge is 2.05. The number of pyridine rings is 1. The Balaban J connectivity index is 2.09. The SMILES string of the molecule is Cc1cccc(C=C(Cl)c2cc(=O)n3ccccc3n2)c1. The van der Waals surface area contributed by atoms with Gasteiger partial charge in [-0.25, -0.2) is 4.98 Å². The van der Waals surface area contributed by atoms with Gasteiger partial charge in [-0.2, -0.15) is 0 Å². The minimum atomic E-state index is -0.147. The first kappa shape index (κ1) is 13.6. The van der Waals surface area contributed by atoms with E-state index in [1.54, 1.807) is 18.3 Å².